The molecule has 0 bridgehead atoms. The van der Waals surface area contributed by atoms with E-state index in [0.29, 0.717) is 12.2 Å². The molecule has 0 fully saturated rings. The molecule has 0 atom stereocenters. The summed E-state index contributed by atoms with van der Waals surface area (Å²) in [7, 11) is 1.66. The molecule has 3 nitrogen and oxygen atoms in total. The highest BCUT2D eigenvalue weighted by Crippen LogP contribution is 2.06. The fourth-order valence-electron chi connectivity index (χ4n) is 1.68. The lowest BCUT2D eigenvalue weighted by atomic mass is 10.1. The van der Waals surface area contributed by atoms with Crippen molar-refractivity contribution in [1.82, 2.24) is 5.32 Å². The molecule has 1 rings (SSSR count). The zero-order chi connectivity index (χ0) is 12.7. The molecule has 0 spiro atoms. The van der Waals surface area contributed by atoms with Crippen LogP contribution in [0.25, 0.3) is 0 Å². The summed E-state index contributed by atoms with van der Waals surface area (Å²) in [4.78, 5) is 11.9. The van der Waals surface area contributed by atoms with E-state index in [9.17, 15) is 4.79 Å². The van der Waals surface area contributed by atoms with Crippen LogP contribution in [0.15, 0.2) is 24.3 Å². The maximum absolute atomic E-state index is 11.9. The van der Waals surface area contributed by atoms with Gasteiger partial charge in [-0.1, -0.05) is 26.0 Å². The molecule has 1 N–H and O–H groups in total. The summed E-state index contributed by atoms with van der Waals surface area (Å²) in [5.41, 5.74) is 1.78. The van der Waals surface area contributed by atoms with Crippen LogP contribution in [0.1, 0.15) is 42.6 Å². The molecular formula is C14H21NO2. The minimum Gasteiger partial charge on any atom is -0.380 e. The van der Waals surface area contributed by atoms with E-state index in [1.54, 1.807) is 7.11 Å². The second kappa shape index (κ2) is 7.07. The van der Waals surface area contributed by atoms with E-state index < -0.39 is 0 Å². The third kappa shape index (κ3) is 4.19. The molecule has 94 valence electrons. The van der Waals surface area contributed by atoms with Gasteiger partial charge in [-0.2, -0.15) is 0 Å². The minimum atomic E-state index is 0.00247. The van der Waals surface area contributed by atoms with E-state index in [1.165, 1.54) is 0 Å². The Hall–Kier alpha value is -1.35. The number of ether oxygens (including phenoxy) is 1. The molecule has 1 aromatic carbocycles. The number of nitrogens with one attached hydrogen (secondary N) is 1. The third-order valence-corrected chi connectivity index (χ3v) is 2.85. The highest BCUT2D eigenvalue weighted by Gasteiger charge is 2.10. The van der Waals surface area contributed by atoms with Gasteiger partial charge in [0.1, 0.15) is 0 Å². The molecule has 0 aliphatic carbocycles. The normalized spacial score (nSPS) is 10.6. The number of carbonyl (C=O) groups excluding carboxylic acids is 1. The fraction of sp³-hybridized carbons (Fsp3) is 0.500. The lowest BCUT2D eigenvalue weighted by Crippen LogP contribution is -2.33. The first-order valence-corrected chi connectivity index (χ1v) is 6.10. The number of benzene rings is 1. The lowest BCUT2D eigenvalue weighted by molar-refractivity contribution is 0.0934. The van der Waals surface area contributed by atoms with E-state index in [-0.39, 0.29) is 11.9 Å². The summed E-state index contributed by atoms with van der Waals surface area (Å²) in [6.07, 6.45) is 1.92. The summed E-state index contributed by atoms with van der Waals surface area (Å²) in [6.45, 7) is 4.74. The van der Waals surface area contributed by atoms with Crippen molar-refractivity contribution in [2.24, 2.45) is 0 Å². The van der Waals surface area contributed by atoms with Gasteiger partial charge in [-0.3, -0.25) is 4.79 Å². The topological polar surface area (TPSA) is 38.3 Å². The van der Waals surface area contributed by atoms with Crippen molar-refractivity contribution in [2.75, 3.05) is 7.11 Å². The van der Waals surface area contributed by atoms with Crippen molar-refractivity contribution < 1.29 is 9.53 Å². The molecule has 0 aromatic heterocycles. The molecule has 0 unspecified atom stereocenters. The van der Waals surface area contributed by atoms with Gasteiger partial charge in [0.25, 0.3) is 5.91 Å². The number of methoxy groups -OCH3 is 1. The van der Waals surface area contributed by atoms with Crippen LogP contribution in [0.5, 0.6) is 0 Å². The Bertz CT molecular complexity index is 342. The number of hydrogen-bond donors (Lipinski definition) is 1. The largest absolute Gasteiger partial charge is 0.380 e. The van der Waals surface area contributed by atoms with E-state index >= 15 is 0 Å². The van der Waals surface area contributed by atoms with Gasteiger partial charge in [-0.05, 0) is 30.5 Å². The SMILES string of the molecule is CCC(CC)NC(=O)c1ccc(COC)cc1. The number of rotatable bonds is 6. The molecule has 0 heterocycles. The second-order valence-corrected chi connectivity index (χ2v) is 4.12. The zero-order valence-corrected chi connectivity index (χ0v) is 10.8. The van der Waals surface area contributed by atoms with Gasteiger partial charge in [0.15, 0.2) is 0 Å². The predicted molar refractivity (Wildman–Crippen MR) is 69.0 cm³/mol. The van der Waals surface area contributed by atoms with Crippen molar-refractivity contribution in [3.8, 4) is 0 Å². The van der Waals surface area contributed by atoms with Crippen LogP contribution >= 0.6 is 0 Å². The average molecular weight is 235 g/mol. The number of amides is 1. The van der Waals surface area contributed by atoms with Crippen LogP contribution in [0.3, 0.4) is 0 Å². The maximum Gasteiger partial charge on any atom is 0.251 e. The van der Waals surface area contributed by atoms with Gasteiger partial charge in [0, 0.05) is 18.7 Å². The first-order chi connectivity index (χ1) is 8.21. The Kier molecular flexibility index (Phi) is 5.70. The quantitative estimate of drug-likeness (QED) is 0.823. The fourth-order valence-corrected chi connectivity index (χ4v) is 1.68. The standard InChI is InChI=1S/C14H21NO2/c1-4-13(5-2)15-14(16)12-8-6-11(7-9-12)10-17-3/h6-9,13H,4-5,10H2,1-3H3,(H,15,16). The van der Waals surface area contributed by atoms with Crippen molar-refractivity contribution in [2.45, 2.75) is 39.3 Å². The molecular weight excluding hydrogens is 214 g/mol. The summed E-state index contributed by atoms with van der Waals surface area (Å²) < 4.78 is 5.03. The van der Waals surface area contributed by atoms with Gasteiger partial charge < -0.3 is 10.1 Å². The summed E-state index contributed by atoms with van der Waals surface area (Å²) in [6, 6.07) is 7.79. The molecule has 0 aliphatic heterocycles. The molecule has 0 saturated carbocycles. The Labute approximate surface area is 103 Å². The van der Waals surface area contributed by atoms with Crippen LogP contribution in [0, 0.1) is 0 Å². The number of hydrogen-bond acceptors (Lipinski definition) is 2. The predicted octanol–water partition coefficient (Wildman–Crippen LogP) is 2.75. The van der Waals surface area contributed by atoms with E-state index in [4.69, 9.17) is 4.74 Å². The van der Waals surface area contributed by atoms with E-state index in [2.05, 4.69) is 19.2 Å². The third-order valence-electron chi connectivity index (χ3n) is 2.85. The van der Waals surface area contributed by atoms with Gasteiger partial charge in [0.2, 0.25) is 0 Å². The first-order valence-electron chi connectivity index (χ1n) is 6.10. The maximum atomic E-state index is 11.9. The highest BCUT2D eigenvalue weighted by molar-refractivity contribution is 5.94. The monoisotopic (exact) mass is 235 g/mol. The molecule has 17 heavy (non-hydrogen) atoms. The van der Waals surface area contributed by atoms with Crippen LogP contribution in [-0.4, -0.2) is 19.1 Å². The molecule has 1 amide bonds. The lowest BCUT2D eigenvalue weighted by Gasteiger charge is -2.14. The Morgan fingerprint density at radius 2 is 1.82 bits per heavy atom. The average Bonchev–Trinajstić information content (AvgIpc) is 2.37. The van der Waals surface area contributed by atoms with Gasteiger partial charge in [-0.25, -0.2) is 0 Å². The Balaban J connectivity index is 2.63. The van der Waals surface area contributed by atoms with Crippen LogP contribution < -0.4 is 5.32 Å². The molecule has 0 radical (unpaired) electrons. The number of carbonyl (C=O) groups is 1. The zero-order valence-electron chi connectivity index (χ0n) is 10.8. The van der Waals surface area contributed by atoms with E-state index in [0.717, 1.165) is 18.4 Å². The van der Waals surface area contributed by atoms with Gasteiger partial charge in [-0.15, -0.1) is 0 Å². The van der Waals surface area contributed by atoms with Gasteiger partial charge >= 0.3 is 0 Å². The molecule has 0 saturated heterocycles. The molecule has 1 aromatic rings. The van der Waals surface area contributed by atoms with Crippen molar-refractivity contribution in [1.29, 1.82) is 0 Å². The minimum absolute atomic E-state index is 0.00247. The summed E-state index contributed by atoms with van der Waals surface area (Å²) in [5, 5.41) is 3.01. The highest BCUT2D eigenvalue weighted by atomic mass is 16.5. The summed E-state index contributed by atoms with van der Waals surface area (Å²) in [5.74, 6) is 0.00247. The Morgan fingerprint density at radius 3 is 2.29 bits per heavy atom. The van der Waals surface area contributed by atoms with Crippen LogP contribution in [-0.2, 0) is 11.3 Å². The van der Waals surface area contributed by atoms with Crippen molar-refractivity contribution in [3.05, 3.63) is 35.4 Å². The molecule has 3 heteroatoms. The summed E-state index contributed by atoms with van der Waals surface area (Å²) >= 11 is 0. The van der Waals surface area contributed by atoms with Crippen molar-refractivity contribution >= 4 is 5.91 Å². The first kappa shape index (κ1) is 13.7. The van der Waals surface area contributed by atoms with Crippen molar-refractivity contribution in [3.63, 3.8) is 0 Å². The smallest absolute Gasteiger partial charge is 0.251 e. The Morgan fingerprint density at radius 1 is 1.24 bits per heavy atom. The van der Waals surface area contributed by atoms with Crippen LogP contribution in [0.4, 0.5) is 0 Å². The van der Waals surface area contributed by atoms with Crippen LogP contribution in [0.2, 0.25) is 0 Å². The molecule has 0 aliphatic rings. The van der Waals surface area contributed by atoms with E-state index in [1.807, 2.05) is 24.3 Å². The van der Waals surface area contributed by atoms with Gasteiger partial charge in [0.05, 0.1) is 6.61 Å². The second-order valence-electron chi connectivity index (χ2n) is 4.12.